The average Bonchev–Trinajstić information content (AvgIpc) is 3.45. The van der Waals surface area contributed by atoms with E-state index in [9.17, 15) is 9.59 Å². The van der Waals surface area contributed by atoms with Crippen molar-refractivity contribution in [2.45, 2.75) is 44.7 Å². The van der Waals surface area contributed by atoms with Crippen molar-refractivity contribution in [3.05, 3.63) is 84.4 Å². The van der Waals surface area contributed by atoms with Crippen molar-refractivity contribution in [3.63, 3.8) is 0 Å². The van der Waals surface area contributed by atoms with Crippen molar-refractivity contribution in [2.24, 2.45) is 5.92 Å². The molecule has 2 aliphatic heterocycles. The van der Waals surface area contributed by atoms with E-state index in [1.54, 1.807) is 12.5 Å². The van der Waals surface area contributed by atoms with Crippen LogP contribution in [-0.2, 0) is 11.3 Å². The number of piperidine rings is 2. The number of nitrogens with zero attached hydrogens (tertiary/aromatic N) is 4. The Bertz CT molecular complexity index is 1140. The van der Waals surface area contributed by atoms with Gasteiger partial charge in [-0.3, -0.25) is 9.59 Å². The van der Waals surface area contributed by atoms with E-state index < -0.39 is 0 Å². The molecule has 7 heteroatoms. The molecule has 0 N–H and O–H groups in total. The van der Waals surface area contributed by atoms with Gasteiger partial charge in [0.25, 0.3) is 11.8 Å². The zero-order valence-electron chi connectivity index (χ0n) is 20.7. The van der Waals surface area contributed by atoms with Gasteiger partial charge in [0, 0.05) is 50.2 Å². The SMILES string of the molecule is O=C(COc1ccccc1)N1CCC(C2CCCCN2C(=O)c2cccc(Cn3ccnc3)c2)CC1. The number of aromatic nitrogens is 2. The van der Waals surface area contributed by atoms with Gasteiger partial charge in [0.2, 0.25) is 0 Å². The van der Waals surface area contributed by atoms with Crippen LogP contribution in [0.1, 0.15) is 48.0 Å². The smallest absolute Gasteiger partial charge is 0.260 e. The summed E-state index contributed by atoms with van der Waals surface area (Å²) in [6, 6.07) is 17.7. The largest absolute Gasteiger partial charge is 0.484 e. The molecule has 0 bridgehead atoms. The number of carbonyl (C=O) groups is 2. The highest BCUT2D eigenvalue weighted by molar-refractivity contribution is 5.94. The van der Waals surface area contributed by atoms with Gasteiger partial charge in [-0.1, -0.05) is 30.3 Å². The van der Waals surface area contributed by atoms with Crippen molar-refractivity contribution < 1.29 is 14.3 Å². The van der Waals surface area contributed by atoms with Crippen molar-refractivity contribution >= 4 is 11.8 Å². The highest BCUT2D eigenvalue weighted by Crippen LogP contribution is 2.32. The van der Waals surface area contributed by atoms with Crippen molar-refractivity contribution in [2.75, 3.05) is 26.2 Å². The normalized spacial score (nSPS) is 18.7. The molecule has 36 heavy (non-hydrogen) atoms. The van der Waals surface area contributed by atoms with Gasteiger partial charge in [-0.2, -0.15) is 0 Å². The Labute approximate surface area is 212 Å². The summed E-state index contributed by atoms with van der Waals surface area (Å²) in [5.74, 6) is 1.29. The number of likely N-dealkylation sites (tertiary alicyclic amines) is 2. The maximum absolute atomic E-state index is 13.6. The first-order valence-corrected chi connectivity index (χ1v) is 13.0. The van der Waals surface area contributed by atoms with Gasteiger partial charge in [-0.05, 0) is 67.9 Å². The summed E-state index contributed by atoms with van der Waals surface area (Å²) in [6.07, 6.45) is 10.6. The number of ether oxygens (including phenoxy) is 1. The summed E-state index contributed by atoms with van der Waals surface area (Å²) in [5.41, 5.74) is 1.85. The quantitative estimate of drug-likeness (QED) is 0.501. The molecule has 2 fully saturated rings. The van der Waals surface area contributed by atoms with Crippen LogP contribution in [0.4, 0.5) is 0 Å². The van der Waals surface area contributed by atoms with Crippen LogP contribution >= 0.6 is 0 Å². The minimum Gasteiger partial charge on any atom is -0.484 e. The van der Waals surface area contributed by atoms with Crippen LogP contribution in [0.5, 0.6) is 5.75 Å². The lowest BCUT2D eigenvalue weighted by molar-refractivity contribution is -0.135. The highest BCUT2D eigenvalue weighted by Gasteiger charge is 2.36. The molecular weight excluding hydrogens is 452 g/mol. The van der Waals surface area contributed by atoms with E-state index in [4.69, 9.17) is 4.74 Å². The van der Waals surface area contributed by atoms with Crippen LogP contribution in [0.2, 0.25) is 0 Å². The van der Waals surface area contributed by atoms with E-state index >= 15 is 0 Å². The Morgan fingerprint density at radius 2 is 1.78 bits per heavy atom. The molecule has 0 spiro atoms. The zero-order chi connectivity index (χ0) is 24.7. The number of amides is 2. The molecule has 188 valence electrons. The predicted molar refractivity (Wildman–Crippen MR) is 138 cm³/mol. The number of hydrogen-bond acceptors (Lipinski definition) is 4. The number of imidazole rings is 1. The standard InChI is InChI=1S/C29H34N4O3/c34-28(21-36-26-9-2-1-3-10-26)32-16-12-24(13-17-32)27-11-4-5-15-33(27)29(35)25-8-6-7-23(19-25)20-31-18-14-30-22-31/h1-3,6-10,14,18-19,22,24,27H,4-5,11-13,15-17,20-21H2. The van der Waals surface area contributed by atoms with Crippen molar-refractivity contribution in [3.8, 4) is 5.75 Å². The van der Waals surface area contributed by atoms with E-state index in [1.165, 1.54) is 0 Å². The molecule has 2 aliphatic rings. The number of hydrogen-bond donors (Lipinski definition) is 0. The third kappa shape index (κ3) is 5.78. The molecule has 3 heterocycles. The Balaban J connectivity index is 1.18. The molecule has 1 aromatic heterocycles. The lowest BCUT2D eigenvalue weighted by Gasteiger charge is -2.43. The Hall–Kier alpha value is -3.61. The highest BCUT2D eigenvalue weighted by atomic mass is 16.5. The molecule has 2 saturated heterocycles. The van der Waals surface area contributed by atoms with Gasteiger partial charge in [0.1, 0.15) is 5.75 Å². The first-order valence-electron chi connectivity index (χ1n) is 13.0. The average molecular weight is 487 g/mol. The topological polar surface area (TPSA) is 67.7 Å². The van der Waals surface area contributed by atoms with Gasteiger partial charge in [0.05, 0.1) is 6.33 Å². The van der Waals surface area contributed by atoms with E-state index in [1.807, 2.05) is 64.2 Å². The molecule has 1 unspecified atom stereocenters. The van der Waals surface area contributed by atoms with Gasteiger partial charge in [-0.25, -0.2) is 4.98 Å². The predicted octanol–water partition coefficient (Wildman–Crippen LogP) is 4.24. The van der Waals surface area contributed by atoms with E-state index in [2.05, 4.69) is 16.0 Å². The molecule has 3 aromatic rings. The first kappa shape index (κ1) is 24.1. The summed E-state index contributed by atoms with van der Waals surface area (Å²) in [6.45, 7) is 3.02. The molecule has 7 nitrogen and oxygen atoms in total. The third-order valence-corrected chi connectivity index (χ3v) is 7.45. The molecule has 0 saturated carbocycles. The summed E-state index contributed by atoms with van der Waals surface area (Å²) in [7, 11) is 0. The second-order valence-electron chi connectivity index (χ2n) is 9.82. The molecule has 5 rings (SSSR count). The number of rotatable bonds is 7. The number of benzene rings is 2. The van der Waals surface area contributed by atoms with Gasteiger partial charge < -0.3 is 19.1 Å². The second-order valence-corrected chi connectivity index (χ2v) is 9.82. The Kier molecular flexibility index (Phi) is 7.64. The molecule has 0 aliphatic carbocycles. The van der Waals surface area contributed by atoms with Crippen LogP contribution in [0.25, 0.3) is 0 Å². The molecule has 1 atom stereocenters. The molecule has 2 aromatic carbocycles. The summed E-state index contributed by atoms with van der Waals surface area (Å²) < 4.78 is 7.66. The fourth-order valence-corrected chi connectivity index (χ4v) is 5.55. The summed E-state index contributed by atoms with van der Waals surface area (Å²) in [5, 5.41) is 0. The van der Waals surface area contributed by atoms with E-state index in [0.717, 1.165) is 62.9 Å². The second kappa shape index (κ2) is 11.4. The minimum atomic E-state index is 0.0311. The number of para-hydroxylation sites is 1. The Morgan fingerprint density at radius 1 is 0.944 bits per heavy atom. The lowest BCUT2D eigenvalue weighted by atomic mass is 9.83. The van der Waals surface area contributed by atoms with Crippen LogP contribution in [0.15, 0.2) is 73.3 Å². The Morgan fingerprint density at radius 3 is 2.56 bits per heavy atom. The van der Waals surface area contributed by atoms with Gasteiger partial charge in [0.15, 0.2) is 6.61 Å². The maximum Gasteiger partial charge on any atom is 0.260 e. The molecule has 2 amide bonds. The van der Waals surface area contributed by atoms with Crippen LogP contribution in [0.3, 0.4) is 0 Å². The van der Waals surface area contributed by atoms with Crippen LogP contribution in [0, 0.1) is 5.92 Å². The monoisotopic (exact) mass is 486 g/mol. The van der Waals surface area contributed by atoms with Crippen LogP contribution < -0.4 is 4.74 Å². The summed E-state index contributed by atoms with van der Waals surface area (Å²) >= 11 is 0. The summed E-state index contributed by atoms with van der Waals surface area (Å²) in [4.78, 5) is 34.4. The lowest BCUT2D eigenvalue weighted by Crippen LogP contribution is -2.51. The number of carbonyl (C=O) groups excluding carboxylic acids is 2. The van der Waals surface area contributed by atoms with Gasteiger partial charge in [-0.15, -0.1) is 0 Å². The van der Waals surface area contributed by atoms with Crippen molar-refractivity contribution in [1.82, 2.24) is 19.4 Å². The minimum absolute atomic E-state index is 0.0311. The molecular formula is C29H34N4O3. The zero-order valence-corrected chi connectivity index (χ0v) is 20.7. The third-order valence-electron chi connectivity index (χ3n) is 7.45. The molecule has 0 radical (unpaired) electrons. The van der Waals surface area contributed by atoms with Crippen molar-refractivity contribution in [1.29, 1.82) is 0 Å². The fraction of sp³-hybridized carbons (Fsp3) is 0.414. The first-order chi connectivity index (χ1) is 17.7. The maximum atomic E-state index is 13.6. The van der Waals surface area contributed by atoms with Crippen LogP contribution in [-0.4, -0.2) is 63.4 Å². The fourth-order valence-electron chi connectivity index (χ4n) is 5.55. The van der Waals surface area contributed by atoms with E-state index in [0.29, 0.717) is 18.2 Å². The van der Waals surface area contributed by atoms with E-state index in [-0.39, 0.29) is 24.5 Å². The van der Waals surface area contributed by atoms with Gasteiger partial charge >= 0.3 is 0 Å².